The van der Waals surface area contributed by atoms with Crippen molar-refractivity contribution >= 4 is 17.7 Å². The van der Waals surface area contributed by atoms with Crippen LogP contribution in [0.15, 0.2) is 18.2 Å². The van der Waals surface area contributed by atoms with Gasteiger partial charge in [-0.15, -0.1) is 0 Å². The van der Waals surface area contributed by atoms with Gasteiger partial charge in [-0.3, -0.25) is 0 Å². The van der Waals surface area contributed by atoms with Crippen LogP contribution in [0.3, 0.4) is 0 Å². The highest BCUT2D eigenvalue weighted by molar-refractivity contribution is 6.32. The van der Waals surface area contributed by atoms with Crippen molar-refractivity contribution in [1.29, 1.82) is 0 Å². The van der Waals surface area contributed by atoms with E-state index in [2.05, 4.69) is 5.32 Å². The van der Waals surface area contributed by atoms with Crippen LogP contribution in [0.25, 0.3) is 0 Å². The molecule has 2 rings (SSSR count). The Kier molecular flexibility index (Phi) is 2.21. The first-order chi connectivity index (χ1) is 6.66. The number of halogens is 1. The number of phenolic OH excluding ortho intramolecular Hbond substituents is 1. The van der Waals surface area contributed by atoms with Crippen molar-refractivity contribution in [2.45, 2.75) is 6.04 Å². The smallest absolute Gasteiger partial charge is 0.407 e. The molecular formula is C9H8ClNO3. The number of nitrogens with one attached hydrogen (secondary N) is 1. The van der Waals surface area contributed by atoms with E-state index in [-0.39, 0.29) is 16.8 Å². The fourth-order valence-electron chi connectivity index (χ4n) is 1.30. The first-order valence-electron chi connectivity index (χ1n) is 4.08. The first kappa shape index (κ1) is 9.15. The molecule has 0 aliphatic carbocycles. The lowest BCUT2D eigenvalue weighted by atomic mass is 10.1. The van der Waals surface area contributed by atoms with Gasteiger partial charge in [0.2, 0.25) is 0 Å². The minimum Gasteiger partial charge on any atom is -0.506 e. The Hall–Kier alpha value is -1.42. The average molecular weight is 214 g/mol. The van der Waals surface area contributed by atoms with Crippen LogP contribution in [0.2, 0.25) is 5.02 Å². The topological polar surface area (TPSA) is 58.6 Å². The lowest BCUT2D eigenvalue weighted by Gasteiger charge is -2.08. The molecule has 1 aliphatic heterocycles. The van der Waals surface area contributed by atoms with Crippen molar-refractivity contribution in [2.75, 3.05) is 6.61 Å². The normalized spacial score (nSPS) is 20.4. The van der Waals surface area contributed by atoms with E-state index in [4.69, 9.17) is 16.3 Å². The van der Waals surface area contributed by atoms with Crippen LogP contribution >= 0.6 is 11.6 Å². The molecule has 1 aromatic carbocycles. The molecule has 14 heavy (non-hydrogen) atoms. The van der Waals surface area contributed by atoms with Crippen LogP contribution in [0.4, 0.5) is 4.79 Å². The molecule has 1 amide bonds. The van der Waals surface area contributed by atoms with E-state index in [0.29, 0.717) is 6.61 Å². The fourth-order valence-corrected chi connectivity index (χ4v) is 1.49. The van der Waals surface area contributed by atoms with Gasteiger partial charge in [-0.25, -0.2) is 4.79 Å². The van der Waals surface area contributed by atoms with Gasteiger partial charge in [0, 0.05) is 0 Å². The average Bonchev–Trinajstić information content (AvgIpc) is 2.57. The number of carbonyl (C=O) groups is 1. The van der Waals surface area contributed by atoms with E-state index in [9.17, 15) is 9.90 Å². The molecule has 1 aromatic rings. The van der Waals surface area contributed by atoms with Crippen molar-refractivity contribution < 1.29 is 14.6 Å². The number of cyclic esters (lactones) is 1. The SMILES string of the molecule is O=C1NC(c2ccc(O)c(Cl)c2)CO1. The van der Waals surface area contributed by atoms with Gasteiger partial charge in [0.05, 0.1) is 11.1 Å². The van der Waals surface area contributed by atoms with Crippen molar-refractivity contribution in [3.63, 3.8) is 0 Å². The largest absolute Gasteiger partial charge is 0.506 e. The van der Waals surface area contributed by atoms with E-state index < -0.39 is 6.09 Å². The Morgan fingerprint density at radius 1 is 1.57 bits per heavy atom. The quantitative estimate of drug-likeness (QED) is 0.748. The summed E-state index contributed by atoms with van der Waals surface area (Å²) < 4.78 is 4.73. The lowest BCUT2D eigenvalue weighted by Crippen LogP contribution is -2.18. The standard InChI is InChI=1S/C9H8ClNO3/c10-6-3-5(1-2-8(6)12)7-4-14-9(13)11-7/h1-3,7,12H,4H2,(H,11,13). The van der Waals surface area contributed by atoms with Gasteiger partial charge >= 0.3 is 6.09 Å². The molecule has 1 fully saturated rings. The summed E-state index contributed by atoms with van der Waals surface area (Å²) in [6, 6.07) is 4.61. The fraction of sp³-hybridized carbons (Fsp3) is 0.222. The maximum atomic E-state index is 10.8. The second-order valence-electron chi connectivity index (χ2n) is 3.01. The Morgan fingerprint density at radius 3 is 2.93 bits per heavy atom. The molecule has 1 aliphatic rings. The lowest BCUT2D eigenvalue weighted by molar-refractivity contribution is 0.177. The number of amides is 1. The summed E-state index contributed by atoms with van der Waals surface area (Å²) in [5.74, 6) is 0.0284. The summed E-state index contributed by atoms with van der Waals surface area (Å²) in [6.45, 7) is 0.292. The third-order valence-corrected chi connectivity index (χ3v) is 2.35. The Bertz CT molecular complexity index is 380. The number of phenols is 1. The number of hydrogen-bond acceptors (Lipinski definition) is 3. The monoisotopic (exact) mass is 213 g/mol. The number of hydrogen-bond donors (Lipinski definition) is 2. The van der Waals surface area contributed by atoms with E-state index in [0.717, 1.165) is 5.56 Å². The van der Waals surface area contributed by atoms with Crippen molar-refractivity contribution in [2.24, 2.45) is 0 Å². The second-order valence-corrected chi connectivity index (χ2v) is 3.41. The number of rotatable bonds is 1. The highest BCUT2D eigenvalue weighted by Crippen LogP contribution is 2.27. The van der Waals surface area contributed by atoms with Gasteiger partial charge in [0.1, 0.15) is 12.4 Å². The molecule has 0 bridgehead atoms. The van der Waals surface area contributed by atoms with E-state index in [1.165, 1.54) is 6.07 Å². The zero-order valence-electron chi connectivity index (χ0n) is 7.16. The molecule has 74 valence electrons. The van der Waals surface area contributed by atoms with Crippen molar-refractivity contribution in [3.05, 3.63) is 28.8 Å². The molecule has 1 heterocycles. The molecule has 1 unspecified atom stereocenters. The minimum absolute atomic E-state index is 0.0284. The summed E-state index contributed by atoms with van der Waals surface area (Å²) in [4.78, 5) is 10.8. The van der Waals surface area contributed by atoms with Crippen molar-refractivity contribution in [1.82, 2.24) is 5.32 Å². The number of alkyl carbamates (subject to hydrolysis) is 1. The van der Waals surface area contributed by atoms with Crippen molar-refractivity contribution in [3.8, 4) is 5.75 Å². The highest BCUT2D eigenvalue weighted by atomic mass is 35.5. The zero-order chi connectivity index (χ0) is 10.1. The molecule has 0 aromatic heterocycles. The predicted octanol–water partition coefficient (Wildman–Crippen LogP) is 1.83. The van der Waals surface area contributed by atoms with Crippen LogP contribution in [0, 0.1) is 0 Å². The molecule has 0 saturated carbocycles. The van der Waals surface area contributed by atoms with Gasteiger partial charge in [-0.1, -0.05) is 17.7 Å². The Balaban J connectivity index is 2.24. The van der Waals surface area contributed by atoms with Gasteiger partial charge < -0.3 is 15.2 Å². The maximum Gasteiger partial charge on any atom is 0.407 e. The van der Waals surface area contributed by atoms with E-state index >= 15 is 0 Å². The Morgan fingerprint density at radius 2 is 2.36 bits per heavy atom. The van der Waals surface area contributed by atoms with Crippen LogP contribution in [0.5, 0.6) is 5.75 Å². The molecule has 5 heteroatoms. The van der Waals surface area contributed by atoms with Crippen LogP contribution in [-0.4, -0.2) is 17.8 Å². The minimum atomic E-state index is -0.431. The second kappa shape index (κ2) is 3.38. The summed E-state index contributed by atoms with van der Waals surface area (Å²) in [5.41, 5.74) is 0.818. The molecule has 0 spiro atoms. The number of ether oxygens (including phenoxy) is 1. The van der Waals surface area contributed by atoms with Crippen LogP contribution in [-0.2, 0) is 4.74 Å². The summed E-state index contributed by atoms with van der Waals surface area (Å²) in [6.07, 6.45) is -0.431. The first-order valence-corrected chi connectivity index (χ1v) is 4.46. The summed E-state index contributed by atoms with van der Waals surface area (Å²) in [7, 11) is 0. The Labute approximate surface area is 85.4 Å². The molecule has 0 radical (unpaired) electrons. The van der Waals surface area contributed by atoms with E-state index in [1.807, 2.05) is 0 Å². The number of benzene rings is 1. The molecule has 4 nitrogen and oxygen atoms in total. The van der Waals surface area contributed by atoms with E-state index in [1.54, 1.807) is 12.1 Å². The maximum absolute atomic E-state index is 10.8. The molecule has 1 saturated heterocycles. The predicted molar refractivity (Wildman–Crippen MR) is 50.3 cm³/mol. The third kappa shape index (κ3) is 1.61. The summed E-state index contributed by atoms with van der Waals surface area (Å²) in [5, 5.41) is 12.1. The highest BCUT2D eigenvalue weighted by Gasteiger charge is 2.23. The van der Waals surface area contributed by atoms with Gasteiger partial charge in [0.15, 0.2) is 0 Å². The number of carbonyl (C=O) groups excluding carboxylic acids is 1. The molecular weight excluding hydrogens is 206 g/mol. The molecule has 2 N–H and O–H groups in total. The number of aromatic hydroxyl groups is 1. The zero-order valence-corrected chi connectivity index (χ0v) is 7.91. The van der Waals surface area contributed by atoms with Gasteiger partial charge in [-0.05, 0) is 17.7 Å². The van der Waals surface area contributed by atoms with Gasteiger partial charge in [-0.2, -0.15) is 0 Å². The third-order valence-electron chi connectivity index (χ3n) is 2.05. The summed E-state index contributed by atoms with van der Waals surface area (Å²) >= 11 is 5.73. The molecule has 1 atom stereocenters. The van der Waals surface area contributed by atoms with Crippen LogP contribution < -0.4 is 5.32 Å². The van der Waals surface area contributed by atoms with Gasteiger partial charge in [0.25, 0.3) is 0 Å². The van der Waals surface area contributed by atoms with Crippen LogP contribution in [0.1, 0.15) is 11.6 Å².